The molecule has 2 aromatic heterocycles. The van der Waals surface area contributed by atoms with Gasteiger partial charge in [-0.15, -0.1) is 11.3 Å². The number of aromatic nitrogens is 2. The molecule has 0 fully saturated rings. The Kier molecular flexibility index (Phi) is 5.80. The maximum atomic E-state index is 10.4. The minimum Gasteiger partial charge on any atom is -0.504 e. The molecule has 0 bridgehead atoms. The van der Waals surface area contributed by atoms with Crippen molar-refractivity contribution in [2.75, 3.05) is 12.0 Å². The van der Waals surface area contributed by atoms with Gasteiger partial charge in [0.05, 0.1) is 23.6 Å². The van der Waals surface area contributed by atoms with Gasteiger partial charge in [-0.2, -0.15) is 4.98 Å². The van der Waals surface area contributed by atoms with E-state index in [1.54, 1.807) is 23.5 Å². The number of allylic oxidation sites excluding steroid dienone is 1. The molecule has 3 heterocycles. The number of hydrogen-bond acceptors (Lipinski definition) is 7. The number of anilines is 1. The number of thiocarbonyl (C=S) groups is 1. The number of hydrogen-bond donors (Lipinski definition) is 2. The number of benzene rings is 2. The molecule has 1 unspecified atom stereocenters. The number of aryl methyl sites for hydroxylation is 1. The molecule has 1 atom stereocenters. The Labute approximate surface area is 206 Å². The first-order valence-corrected chi connectivity index (χ1v) is 11.9. The highest BCUT2D eigenvalue weighted by Crippen LogP contribution is 2.41. The second kappa shape index (κ2) is 8.92. The molecule has 2 N–H and O–H groups in total. The average molecular weight is 491 g/mol. The summed E-state index contributed by atoms with van der Waals surface area (Å²) in [6, 6.07) is 16.9. The third kappa shape index (κ3) is 3.93. The Balaban J connectivity index is 1.67. The lowest BCUT2D eigenvalue weighted by Crippen LogP contribution is -2.46. The number of aromatic hydroxyl groups is 1. The molecule has 1 aliphatic heterocycles. The second-order valence-electron chi connectivity index (χ2n) is 7.89. The fourth-order valence-corrected chi connectivity index (χ4v) is 5.08. The van der Waals surface area contributed by atoms with Gasteiger partial charge in [-0.05, 0) is 72.9 Å². The topological polar surface area (TPSA) is 83.7 Å². The predicted molar refractivity (Wildman–Crippen MR) is 137 cm³/mol. The standard InChI is InChI=1S/C25H22N4O3S2/c1-14-6-4-7-17(12-14)29-15(2)21(24-27-23(28-32-24)20-8-5-11-34-20)22(26-25(29)33)16-9-10-19(31-3)18(30)13-16/h4-13,22,30H,1-3H3,(H,26,33). The summed E-state index contributed by atoms with van der Waals surface area (Å²) in [5.41, 5.74) is 4.47. The van der Waals surface area contributed by atoms with Crippen LogP contribution in [0.2, 0.25) is 0 Å². The SMILES string of the molecule is COc1ccc(C2NC(=S)N(c3cccc(C)c3)C(C)=C2c2nc(-c3cccs3)no2)cc1O. The normalized spacial score (nSPS) is 16.0. The average Bonchev–Trinajstić information content (AvgIpc) is 3.51. The molecule has 0 saturated heterocycles. The zero-order valence-electron chi connectivity index (χ0n) is 18.8. The molecule has 172 valence electrons. The Hall–Kier alpha value is -3.69. The molecule has 5 rings (SSSR count). The molecule has 0 aliphatic carbocycles. The molecule has 0 saturated carbocycles. The zero-order valence-corrected chi connectivity index (χ0v) is 20.4. The van der Waals surface area contributed by atoms with Gasteiger partial charge >= 0.3 is 0 Å². The van der Waals surface area contributed by atoms with E-state index in [1.165, 1.54) is 7.11 Å². The molecule has 34 heavy (non-hydrogen) atoms. The number of phenols is 1. The van der Waals surface area contributed by atoms with E-state index in [9.17, 15) is 5.11 Å². The molecular weight excluding hydrogens is 468 g/mol. The first-order chi connectivity index (χ1) is 16.5. The summed E-state index contributed by atoms with van der Waals surface area (Å²) in [6.07, 6.45) is 0. The molecule has 0 radical (unpaired) electrons. The Morgan fingerprint density at radius 1 is 1.15 bits per heavy atom. The quantitative estimate of drug-likeness (QED) is 0.345. The summed E-state index contributed by atoms with van der Waals surface area (Å²) in [4.78, 5) is 7.59. The molecule has 2 aromatic carbocycles. The van der Waals surface area contributed by atoms with Crippen molar-refractivity contribution in [2.45, 2.75) is 19.9 Å². The van der Waals surface area contributed by atoms with Gasteiger partial charge in [0.15, 0.2) is 16.6 Å². The highest BCUT2D eigenvalue weighted by atomic mass is 32.1. The lowest BCUT2D eigenvalue weighted by Gasteiger charge is -2.37. The first-order valence-electron chi connectivity index (χ1n) is 10.6. The maximum Gasteiger partial charge on any atom is 0.258 e. The second-order valence-corrected chi connectivity index (χ2v) is 9.22. The van der Waals surface area contributed by atoms with Gasteiger partial charge < -0.3 is 19.7 Å². The zero-order chi connectivity index (χ0) is 23.8. The van der Waals surface area contributed by atoms with Crippen molar-refractivity contribution in [3.8, 4) is 22.2 Å². The van der Waals surface area contributed by atoms with E-state index in [2.05, 4.69) is 16.5 Å². The van der Waals surface area contributed by atoms with Crippen molar-refractivity contribution in [1.29, 1.82) is 0 Å². The van der Waals surface area contributed by atoms with Gasteiger partial charge in [-0.25, -0.2) is 0 Å². The van der Waals surface area contributed by atoms with Crippen molar-refractivity contribution < 1.29 is 14.4 Å². The Bertz CT molecular complexity index is 1390. The Morgan fingerprint density at radius 3 is 2.71 bits per heavy atom. The smallest absolute Gasteiger partial charge is 0.258 e. The summed E-state index contributed by atoms with van der Waals surface area (Å²) in [5, 5.41) is 20.6. The van der Waals surface area contributed by atoms with Crippen LogP contribution in [-0.4, -0.2) is 27.5 Å². The minimum absolute atomic E-state index is 0.0376. The number of nitrogens with zero attached hydrogens (tertiary/aromatic N) is 3. The van der Waals surface area contributed by atoms with Crippen molar-refractivity contribution in [3.05, 3.63) is 82.7 Å². The summed E-state index contributed by atoms with van der Waals surface area (Å²) in [5.74, 6) is 1.34. The predicted octanol–water partition coefficient (Wildman–Crippen LogP) is 5.69. The summed E-state index contributed by atoms with van der Waals surface area (Å²) in [7, 11) is 1.52. The number of ether oxygens (including phenoxy) is 1. The highest BCUT2D eigenvalue weighted by molar-refractivity contribution is 7.80. The molecule has 0 amide bonds. The molecular formula is C25H22N4O3S2. The van der Waals surface area contributed by atoms with Crippen LogP contribution in [-0.2, 0) is 0 Å². The molecule has 0 spiro atoms. The van der Waals surface area contributed by atoms with Crippen LogP contribution >= 0.6 is 23.6 Å². The fourth-order valence-electron chi connectivity index (χ4n) is 4.07. The van der Waals surface area contributed by atoms with Crippen LogP contribution in [0.1, 0.15) is 30.0 Å². The third-order valence-corrected chi connectivity index (χ3v) is 6.85. The molecule has 4 aromatic rings. The first kappa shape index (κ1) is 22.1. The van der Waals surface area contributed by atoms with Crippen LogP contribution in [0.5, 0.6) is 11.5 Å². The van der Waals surface area contributed by atoms with E-state index in [0.29, 0.717) is 22.6 Å². The summed E-state index contributed by atoms with van der Waals surface area (Å²) in [6.45, 7) is 4.02. The fraction of sp³-hybridized carbons (Fsp3) is 0.160. The van der Waals surface area contributed by atoms with Crippen molar-refractivity contribution in [3.63, 3.8) is 0 Å². The lowest BCUT2D eigenvalue weighted by atomic mass is 9.94. The van der Waals surface area contributed by atoms with Gasteiger partial charge in [0.25, 0.3) is 5.89 Å². The van der Waals surface area contributed by atoms with Gasteiger partial charge in [-0.1, -0.05) is 29.4 Å². The van der Waals surface area contributed by atoms with Gasteiger partial charge in [0, 0.05) is 11.4 Å². The van der Waals surface area contributed by atoms with E-state index >= 15 is 0 Å². The van der Waals surface area contributed by atoms with Gasteiger partial charge in [0.1, 0.15) is 0 Å². The van der Waals surface area contributed by atoms with E-state index < -0.39 is 6.04 Å². The van der Waals surface area contributed by atoms with Gasteiger partial charge in [-0.3, -0.25) is 4.90 Å². The van der Waals surface area contributed by atoms with Crippen molar-refractivity contribution >= 4 is 39.9 Å². The maximum absolute atomic E-state index is 10.4. The lowest BCUT2D eigenvalue weighted by molar-refractivity contribution is 0.372. The summed E-state index contributed by atoms with van der Waals surface area (Å²) < 4.78 is 11.0. The molecule has 1 aliphatic rings. The van der Waals surface area contributed by atoms with E-state index in [0.717, 1.165) is 33.0 Å². The largest absolute Gasteiger partial charge is 0.504 e. The Morgan fingerprint density at radius 2 is 2.00 bits per heavy atom. The number of phenolic OH excluding ortho intramolecular Hbond substituents is 1. The third-order valence-electron chi connectivity index (χ3n) is 5.68. The summed E-state index contributed by atoms with van der Waals surface area (Å²) >= 11 is 7.33. The monoisotopic (exact) mass is 490 g/mol. The van der Waals surface area contributed by atoms with Crippen LogP contribution in [0, 0.1) is 6.92 Å². The number of thiophene rings is 1. The van der Waals surface area contributed by atoms with Crippen molar-refractivity contribution in [1.82, 2.24) is 15.5 Å². The van der Waals surface area contributed by atoms with Crippen LogP contribution in [0.15, 0.2) is 70.2 Å². The number of rotatable bonds is 5. The van der Waals surface area contributed by atoms with E-state index in [1.807, 2.05) is 60.5 Å². The van der Waals surface area contributed by atoms with Crippen LogP contribution < -0.4 is 15.0 Å². The van der Waals surface area contributed by atoms with E-state index in [-0.39, 0.29) is 5.75 Å². The van der Waals surface area contributed by atoms with Crippen LogP contribution in [0.3, 0.4) is 0 Å². The minimum atomic E-state index is -0.415. The number of methoxy groups -OCH3 is 1. The van der Waals surface area contributed by atoms with Crippen molar-refractivity contribution in [2.24, 2.45) is 0 Å². The van der Waals surface area contributed by atoms with Crippen LogP contribution in [0.4, 0.5) is 5.69 Å². The molecule has 9 heteroatoms. The van der Waals surface area contributed by atoms with Crippen LogP contribution in [0.25, 0.3) is 16.3 Å². The van der Waals surface area contributed by atoms with E-state index in [4.69, 9.17) is 26.5 Å². The van der Waals surface area contributed by atoms with Gasteiger partial charge in [0.2, 0.25) is 5.82 Å². The number of nitrogens with one attached hydrogen (secondary N) is 1. The molecule has 7 nitrogen and oxygen atoms in total. The highest BCUT2D eigenvalue weighted by Gasteiger charge is 2.35.